The Morgan fingerprint density at radius 1 is 1.45 bits per heavy atom. The van der Waals surface area contributed by atoms with Gasteiger partial charge < -0.3 is 10.4 Å². The summed E-state index contributed by atoms with van der Waals surface area (Å²) in [4.78, 5) is 26.3. The predicted octanol–water partition coefficient (Wildman–Crippen LogP) is -0.00388. The van der Waals surface area contributed by atoms with Gasteiger partial charge in [-0.25, -0.2) is 4.68 Å². The Hall–Kier alpha value is -2.77. The molecule has 0 fully saturated rings. The molecule has 0 spiro atoms. The third-order valence-corrected chi connectivity index (χ3v) is 2.66. The fourth-order valence-corrected chi connectivity index (χ4v) is 1.57. The number of hydrogen-bond donors (Lipinski definition) is 2. The van der Waals surface area contributed by atoms with Crippen LogP contribution in [0.4, 0.5) is 0 Å². The van der Waals surface area contributed by atoms with Gasteiger partial charge in [-0.1, -0.05) is 5.21 Å². The molecule has 2 aromatic heterocycles. The van der Waals surface area contributed by atoms with Crippen LogP contribution in [0.1, 0.15) is 21.6 Å². The smallest absolute Gasteiger partial charge is 0.325 e. The normalized spacial score (nSPS) is 10.2. The molecule has 1 amide bonds. The van der Waals surface area contributed by atoms with Crippen molar-refractivity contribution < 1.29 is 14.7 Å². The molecule has 0 bridgehead atoms. The van der Waals surface area contributed by atoms with E-state index in [1.54, 1.807) is 12.4 Å². The first kappa shape index (κ1) is 13.7. The first-order chi connectivity index (χ1) is 9.56. The highest BCUT2D eigenvalue weighted by molar-refractivity contribution is 5.91. The second-order valence-electron chi connectivity index (χ2n) is 4.18. The van der Waals surface area contributed by atoms with E-state index in [2.05, 4.69) is 20.6 Å². The molecule has 0 saturated heterocycles. The molecule has 104 valence electrons. The minimum absolute atomic E-state index is 0.0767. The van der Waals surface area contributed by atoms with Crippen LogP contribution in [-0.2, 0) is 17.9 Å². The third kappa shape index (κ3) is 3.37. The van der Waals surface area contributed by atoms with Gasteiger partial charge in [0.15, 0.2) is 5.69 Å². The average molecular weight is 275 g/mol. The number of nitrogens with zero attached hydrogens (tertiary/aromatic N) is 4. The van der Waals surface area contributed by atoms with Gasteiger partial charge in [-0.3, -0.25) is 14.6 Å². The summed E-state index contributed by atoms with van der Waals surface area (Å²) in [7, 11) is 0. The molecule has 0 radical (unpaired) electrons. The molecule has 0 aliphatic carbocycles. The van der Waals surface area contributed by atoms with Crippen molar-refractivity contribution in [1.82, 2.24) is 25.3 Å². The van der Waals surface area contributed by atoms with E-state index < -0.39 is 11.9 Å². The van der Waals surface area contributed by atoms with Crippen LogP contribution in [0.2, 0.25) is 0 Å². The lowest BCUT2D eigenvalue weighted by Gasteiger charge is -2.05. The quantitative estimate of drug-likeness (QED) is 0.794. The van der Waals surface area contributed by atoms with Gasteiger partial charge in [0.1, 0.15) is 6.54 Å². The van der Waals surface area contributed by atoms with Crippen LogP contribution in [0.15, 0.2) is 24.7 Å². The largest absolute Gasteiger partial charge is 0.480 e. The van der Waals surface area contributed by atoms with Gasteiger partial charge in [0.05, 0.1) is 6.20 Å². The SMILES string of the molecule is Cc1ccncc1CNC(=O)c1cn(CC(=O)O)nn1. The number of rotatable bonds is 5. The van der Waals surface area contributed by atoms with Crippen LogP contribution in [0.25, 0.3) is 0 Å². The zero-order chi connectivity index (χ0) is 14.5. The fourth-order valence-electron chi connectivity index (χ4n) is 1.57. The van der Waals surface area contributed by atoms with Gasteiger partial charge in [-0.2, -0.15) is 0 Å². The zero-order valence-electron chi connectivity index (χ0n) is 10.8. The van der Waals surface area contributed by atoms with Gasteiger partial charge in [-0.15, -0.1) is 5.10 Å². The van der Waals surface area contributed by atoms with Gasteiger partial charge in [-0.05, 0) is 24.1 Å². The number of carboxylic acid groups (broad SMARTS) is 1. The molecule has 0 aliphatic heterocycles. The van der Waals surface area contributed by atoms with Crippen LogP contribution < -0.4 is 5.32 Å². The number of aryl methyl sites for hydroxylation is 1. The van der Waals surface area contributed by atoms with Crippen molar-refractivity contribution in [3.05, 3.63) is 41.5 Å². The van der Waals surface area contributed by atoms with E-state index in [9.17, 15) is 9.59 Å². The van der Waals surface area contributed by atoms with Gasteiger partial charge in [0.2, 0.25) is 0 Å². The highest BCUT2D eigenvalue weighted by Gasteiger charge is 2.12. The Balaban J connectivity index is 1.97. The van der Waals surface area contributed by atoms with E-state index in [1.807, 2.05) is 13.0 Å². The Kier molecular flexibility index (Phi) is 4.04. The van der Waals surface area contributed by atoms with Crippen LogP contribution >= 0.6 is 0 Å². The number of carbonyl (C=O) groups excluding carboxylic acids is 1. The number of hydrogen-bond acceptors (Lipinski definition) is 5. The second-order valence-corrected chi connectivity index (χ2v) is 4.18. The van der Waals surface area contributed by atoms with E-state index in [1.165, 1.54) is 6.20 Å². The maximum absolute atomic E-state index is 11.8. The maximum Gasteiger partial charge on any atom is 0.325 e. The fraction of sp³-hybridized carbons (Fsp3) is 0.250. The second kappa shape index (κ2) is 5.91. The number of pyridine rings is 1. The first-order valence-corrected chi connectivity index (χ1v) is 5.86. The molecule has 0 saturated carbocycles. The van der Waals surface area contributed by atoms with Crippen molar-refractivity contribution in [3.8, 4) is 0 Å². The molecular weight excluding hydrogens is 262 g/mol. The van der Waals surface area contributed by atoms with Crippen molar-refractivity contribution in [3.63, 3.8) is 0 Å². The number of carbonyl (C=O) groups is 2. The van der Waals surface area contributed by atoms with E-state index in [0.717, 1.165) is 15.8 Å². The van der Waals surface area contributed by atoms with Crippen LogP contribution in [0.5, 0.6) is 0 Å². The Morgan fingerprint density at radius 3 is 2.95 bits per heavy atom. The van der Waals surface area contributed by atoms with Crippen molar-refractivity contribution in [1.29, 1.82) is 0 Å². The standard InChI is InChI=1S/C12H13N5O3/c1-8-2-3-13-4-9(8)5-14-12(20)10-6-17(16-15-10)7-11(18)19/h2-4,6H,5,7H2,1H3,(H,14,20)(H,18,19). The van der Waals surface area contributed by atoms with Crippen LogP contribution in [0, 0.1) is 6.92 Å². The zero-order valence-corrected chi connectivity index (χ0v) is 10.8. The lowest BCUT2D eigenvalue weighted by atomic mass is 10.1. The number of carboxylic acids is 1. The Morgan fingerprint density at radius 2 is 2.25 bits per heavy atom. The number of nitrogens with one attached hydrogen (secondary N) is 1. The molecule has 2 heterocycles. The highest BCUT2D eigenvalue weighted by Crippen LogP contribution is 2.04. The molecule has 2 aromatic rings. The molecule has 0 atom stereocenters. The van der Waals surface area contributed by atoms with Crippen LogP contribution in [0.3, 0.4) is 0 Å². The molecule has 8 nitrogen and oxygen atoms in total. The van der Waals surface area contributed by atoms with E-state index >= 15 is 0 Å². The molecular formula is C12H13N5O3. The number of aliphatic carboxylic acids is 1. The van der Waals surface area contributed by atoms with Crippen molar-refractivity contribution >= 4 is 11.9 Å². The minimum atomic E-state index is -1.05. The lowest BCUT2D eigenvalue weighted by molar-refractivity contribution is -0.137. The molecule has 0 aliphatic rings. The van der Waals surface area contributed by atoms with Crippen molar-refractivity contribution in [2.75, 3.05) is 0 Å². The summed E-state index contributed by atoms with van der Waals surface area (Å²) in [5.41, 5.74) is 2.00. The number of amides is 1. The Labute approximate surface area is 114 Å². The molecule has 2 rings (SSSR count). The molecule has 2 N–H and O–H groups in total. The topological polar surface area (TPSA) is 110 Å². The number of aromatic nitrogens is 4. The summed E-state index contributed by atoms with van der Waals surface area (Å²) < 4.78 is 1.09. The first-order valence-electron chi connectivity index (χ1n) is 5.86. The van der Waals surface area contributed by atoms with Gasteiger partial charge in [0, 0.05) is 18.9 Å². The van der Waals surface area contributed by atoms with Crippen LogP contribution in [-0.4, -0.2) is 37.0 Å². The van der Waals surface area contributed by atoms with E-state index in [0.29, 0.717) is 6.54 Å². The van der Waals surface area contributed by atoms with Crippen molar-refractivity contribution in [2.24, 2.45) is 0 Å². The minimum Gasteiger partial charge on any atom is -0.480 e. The summed E-state index contributed by atoms with van der Waals surface area (Å²) in [6.07, 6.45) is 4.65. The summed E-state index contributed by atoms with van der Waals surface area (Å²) in [6, 6.07) is 1.85. The molecule has 8 heteroatoms. The summed E-state index contributed by atoms with van der Waals surface area (Å²) in [5, 5.41) is 18.5. The summed E-state index contributed by atoms with van der Waals surface area (Å²) >= 11 is 0. The average Bonchev–Trinajstić information content (AvgIpc) is 2.85. The lowest BCUT2D eigenvalue weighted by Crippen LogP contribution is -2.23. The van der Waals surface area contributed by atoms with Gasteiger partial charge >= 0.3 is 5.97 Å². The predicted molar refractivity (Wildman–Crippen MR) is 67.8 cm³/mol. The molecule has 0 aromatic carbocycles. The maximum atomic E-state index is 11.8. The summed E-state index contributed by atoms with van der Waals surface area (Å²) in [6.45, 7) is 1.92. The van der Waals surface area contributed by atoms with E-state index in [-0.39, 0.29) is 12.2 Å². The summed E-state index contributed by atoms with van der Waals surface area (Å²) in [5.74, 6) is -1.46. The molecule has 0 unspecified atom stereocenters. The highest BCUT2D eigenvalue weighted by atomic mass is 16.4. The van der Waals surface area contributed by atoms with E-state index in [4.69, 9.17) is 5.11 Å². The Bertz CT molecular complexity index is 638. The monoisotopic (exact) mass is 275 g/mol. The third-order valence-electron chi connectivity index (χ3n) is 2.66. The van der Waals surface area contributed by atoms with Crippen molar-refractivity contribution in [2.45, 2.75) is 20.0 Å². The van der Waals surface area contributed by atoms with Gasteiger partial charge in [0.25, 0.3) is 5.91 Å². The molecule has 20 heavy (non-hydrogen) atoms.